The number of hydrogen-bond acceptors (Lipinski definition) is 4. The van der Waals surface area contributed by atoms with Crippen LogP contribution in [0.1, 0.15) is 44.8 Å². The van der Waals surface area contributed by atoms with E-state index in [0.29, 0.717) is 65.2 Å². The van der Waals surface area contributed by atoms with Crippen molar-refractivity contribution in [2.75, 3.05) is 6.61 Å². The van der Waals surface area contributed by atoms with Gasteiger partial charge in [-0.2, -0.15) is 0 Å². The SMILES string of the molecule is [CH]CCCC(Oc1ccc(Br)cc1)n1c2ccccc2c(=O)c2cc3c(cc21)c(=O)c1ccccc1n3CCCCCOc1ccc(Br)cc1. The summed E-state index contributed by atoms with van der Waals surface area (Å²) in [5.41, 5.74) is 2.87. The molecule has 252 valence electrons. The number of pyridine rings is 2. The molecular weight excluding hydrogens is 756 g/mol. The molecule has 0 aliphatic carbocycles. The second-order valence-corrected chi connectivity index (χ2v) is 14.3. The molecule has 0 fully saturated rings. The number of fused-ring (bicyclic) bond motifs is 4. The lowest BCUT2D eigenvalue weighted by Crippen LogP contribution is -2.21. The second kappa shape index (κ2) is 15.2. The highest BCUT2D eigenvalue weighted by Gasteiger charge is 2.22. The van der Waals surface area contributed by atoms with Gasteiger partial charge in [-0.3, -0.25) is 9.59 Å². The van der Waals surface area contributed by atoms with Gasteiger partial charge in [0.05, 0.1) is 28.7 Å². The van der Waals surface area contributed by atoms with Gasteiger partial charge in [0.15, 0.2) is 17.1 Å². The Bertz CT molecular complexity index is 2420. The molecule has 0 saturated carbocycles. The van der Waals surface area contributed by atoms with Crippen molar-refractivity contribution in [1.82, 2.24) is 9.13 Å². The Hall–Kier alpha value is -4.40. The maximum Gasteiger partial charge on any atom is 0.197 e. The van der Waals surface area contributed by atoms with Crippen LogP contribution in [0.4, 0.5) is 0 Å². The topological polar surface area (TPSA) is 62.5 Å². The van der Waals surface area contributed by atoms with E-state index in [9.17, 15) is 9.59 Å². The van der Waals surface area contributed by atoms with Crippen LogP contribution in [0.2, 0.25) is 0 Å². The van der Waals surface area contributed by atoms with Crippen LogP contribution in [-0.4, -0.2) is 15.7 Å². The van der Waals surface area contributed by atoms with Crippen molar-refractivity contribution in [2.45, 2.75) is 51.3 Å². The van der Waals surface area contributed by atoms with Crippen LogP contribution >= 0.6 is 31.9 Å². The van der Waals surface area contributed by atoms with Crippen LogP contribution in [0, 0.1) is 6.92 Å². The Morgan fingerprint density at radius 2 is 1.18 bits per heavy atom. The predicted molar refractivity (Wildman–Crippen MR) is 210 cm³/mol. The van der Waals surface area contributed by atoms with Crippen LogP contribution in [-0.2, 0) is 6.54 Å². The number of ether oxygens (including phenoxy) is 2. The van der Waals surface area contributed by atoms with Crippen LogP contribution in [0.25, 0.3) is 43.6 Å². The predicted octanol–water partition coefficient (Wildman–Crippen LogP) is 10.9. The lowest BCUT2D eigenvalue weighted by atomic mass is 10.0. The van der Waals surface area contributed by atoms with Crippen molar-refractivity contribution in [3.63, 3.8) is 0 Å². The van der Waals surface area contributed by atoms with E-state index in [-0.39, 0.29) is 10.9 Å². The standard InChI is InChI=1S/C42H36Br2N2O4/c1-2-3-15-40(50-31-22-18-29(44)19-23-31)46-37-14-8-6-12-33(37)42(48)35-26-38-34(27-39(35)46)41(47)32-11-5-7-13-36(32)45(38)24-9-4-10-25-49-30-20-16-28(43)17-21-30/h1,5-8,11-14,16-23,26-27,40H,2-4,9-10,15,24-25H2. The van der Waals surface area contributed by atoms with Gasteiger partial charge < -0.3 is 18.6 Å². The second-order valence-electron chi connectivity index (χ2n) is 12.4. The molecule has 5 aromatic carbocycles. The van der Waals surface area contributed by atoms with Crippen LogP contribution < -0.4 is 20.3 Å². The summed E-state index contributed by atoms with van der Waals surface area (Å²) in [4.78, 5) is 28.5. The molecule has 7 aromatic rings. The van der Waals surface area contributed by atoms with Crippen LogP contribution in [0.5, 0.6) is 11.5 Å². The summed E-state index contributed by atoms with van der Waals surface area (Å²) < 4.78 is 18.8. The van der Waals surface area contributed by atoms with Gasteiger partial charge in [-0.25, -0.2) is 0 Å². The van der Waals surface area contributed by atoms with E-state index in [4.69, 9.17) is 16.4 Å². The third-order valence-corrected chi connectivity index (χ3v) is 10.2. The molecule has 0 spiro atoms. The van der Waals surface area contributed by atoms with Crippen molar-refractivity contribution in [1.29, 1.82) is 0 Å². The number of hydrogen-bond donors (Lipinski definition) is 0. The van der Waals surface area contributed by atoms with E-state index < -0.39 is 6.23 Å². The molecule has 7 rings (SSSR count). The van der Waals surface area contributed by atoms with Crippen LogP contribution in [0.15, 0.2) is 128 Å². The summed E-state index contributed by atoms with van der Waals surface area (Å²) in [6.45, 7) is 7.32. The first-order valence-electron chi connectivity index (χ1n) is 17.0. The van der Waals surface area contributed by atoms with Gasteiger partial charge in [-0.1, -0.05) is 56.1 Å². The zero-order chi connectivity index (χ0) is 34.6. The third-order valence-electron chi connectivity index (χ3n) is 9.14. The highest BCUT2D eigenvalue weighted by molar-refractivity contribution is 9.10. The molecule has 6 nitrogen and oxygen atoms in total. The monoisotopic (exact) mass is 790 g/mol. The zero-order valence-corrected chi connectivity index (χ0v) is 30.7. The maximum absolute atomic E-state index is 14.3. The Kier molecular flexibility index (Phi) is 10.4. The summed E-state index contributed by atoms with van der Waals surface area (Å²) in [6.07, 6.45) is 4.06. The number of aryl methyl sites for hydroxylation is 1. The molecular formula is C42H36Br2N2O4. The number of unbranched alkanes of at least 4 members (excludes halogenated alkanes) is 3. The largest absolute Gasteiger partial charge is 0.494 e. The van der Waals surface area contributed by atoms with E-state index in [0.717, 1.165) is 50.5 Å². The summed E-state index contributed by atoms with van der Waals surface area (Å²) >= 11 is 6.97. The first kappa shape index (κ1) is 34.1. The normalized spacial score (nSPS) is 12.2. The minimum atomic E-state index is -0.479. The molecule has 0 aliphatic heterocycles. The zero-order valence-electron chi connectivity index (χ0n) is 27.5. The minimum absolute atomic E-state index is 0.0591. The molecule has 50 heavy (non-hydrogen) atoms. The Morgan fingerprint density at radius 1 is 0.600 bits per heavy atom. The summed E-state index contributed by atoms with van der Waals surface area (Å²) in [6, 6.07) is 34.7. The fraction of sp³-hybridized carbons (Fsp3) is 0.214. The van der Waals surface area contributed by atoms with E-state index in [1.54, 1.807) is 0 Å². The van der Waals surface area contributed by atoms with Crippen molar-refractivity contribution in [2.24, 2.45) is 0 Å². The molecule has 0 bridgehead atoms. The number of aromatic nitrogens is 2. The Morgan fingerprint density at radius 3 is 1.86 bits per heavy atom. The highest BCUT2D eigenvalue weighted by atomic mass is 79.9. The van der Waals surface area contributed by atoms with Gasteiger partial charge in [0.25, 0.3) is 0 Å². The number of benzene rings is 5. The van der Waals surface area contributed by atoms with Gasteiger partial charge in [0, 0.05) is 43.5 Å². The smallest absolute Gasteiger partial charge is 0.197 e. The van der Waals surface area contributed by atoms with E-state index in [2.05, 4.69) is 41.0 Å². The van der Waals surface area contributed by atoms with Gasteiger partial charge in [-0.05, 0) is 124 Å². The molecule has 8 heteroatoms. The minimum Gasteiger partial charge on any atom is -0.494 e. The van der Waals surface area contributed by atoms with Gasteiger partial charge in [0.1, 0.15) is 11.5 Å². The summed E-state index contributed by atoms with van der Waals surface area (Å²) in [5.74, 6) is 1.55. The fourth-order valence-electron chi connectivity index (χ4n) is 6.71. The highest BCUT2D eigenvalue weighted by Crippen LogP contribution is 2.32. The van der Waals surface area contributed by atoms with Crippen molar-refractivity contribution < 1.29 is 9.47 Å². The van der Waals surface area contributed by atoms with Gasteiger partial charge >= 0.3 is 0 Å². The number of para-hydroxylation sites is 2. The molecule has 1 atom stereocenters. The average Bonchev–Trinajstić information content (AvgIpc) is 3.14. The van der Waals surface area contributed by atoms with E-state index in [1.165, 1.54) is 0 Å². The number of rotatable bonds is 13. The van der Waals surface area contributed by atoms with Crippen molar-refractivity contribution in [3.05, 3.63) is 146 Å². The van der Waals surface area contributed by atoms with E-state index >= 15 is 0 Å². The van der Waals surface area contributed by atoms with Crippen LogP contribution in [0.3, 0.4) is 0 Å². The Balaban J connectivity index is 1.33. The molecule has 2 heterocycles. The summed E-state index contributed by atoms with van der Waals surface area (Å²) in [5, 5.41) is 2.36. The quantitative estimate of drug-likeness (QED) is 0.0862. The third kappa shape index (κ3) is 6.96. The fourth-order valence-corrected chi connectivity index (χ4v) is 7.24. The maximum atomic E-state index is 14.3. The van der Waals surface area contributed by atoms with E-state index in [1.807, 2.05) is 109 Å². The average molecular weight is 793 g/mol. The number of halogens is 2. The molecule has 1 unspecified atom stereocenters. The molecule has 0 N–H and O–H groups in total. The molecule has 2 radical (unpaired) electrons. The molecule has 0 amide bonds. The van der Waals surface area contributed by atoms with Crippen molar-refractivity contribution >= 4 is 75.5 Å². The van der Waals surface area contributed by atoms with Gasteiger partial charge in [-0.15, -0.1) is 0 Å². The lowest BCUT2D eigenvalue weighted by molar-refractivity contribution is 0.128. The van der Waals surface area contributed by atoms with Crippen molar-refractivity contribution in [3.8, 4) is 11.5 Å². The molecule has 0 saturated heterocycles. The first-order valence-corrected chi connectivity index (χ1v) is 18.5. The Labute approximate surface area is 307 Å². The lowest BCUT2D eigenvalue weighted by Gasteiger charge is -2.26. The number of nitrogens with zero attached hydrogens (tertiary/aromatic N) is 2. The molecule has 2 aromatic heterocycles. The molecule has 0 aliphatic rings. The van der Waals surface area contributed by atoms with Gasteiger partial charge in [0.2, 0.25) is 0 Å². The first-order chi connectivity index (χ1) is 24.4. The summed E-state index contributed by atoms with van der Waals surface area (Å²) in [7, 11) is 0.